The van der Waals surface area contributed by atoms with Crippen molar-refractivity contribution in [3.63, 3.8) is 0 Å². The van der Waals surface area contributed by atoms with Crippen molar-refractivity contribution in [2.24, 2.45) is 5.73 Å². The number of amides is 1. The molecule has 0 fully saturated rings. The van der Waals surface area contributed by atoms with E-state index in [1.165, 1.54) is 30.5 Å². The van der Waals surface area contributed by atoms with Crippen molar-refractivity contribution in [1.29, 1.82) is 0 Å². The average Bonchev–Trinajstić information content (AvgIpc) is 3.16. The Kier molecular flexibility index (Phi) is 5.08. The second-order valence-electron chi connectivity index (χ2n) is 6.58. The van der Waals surface area contributed by atoms with Crippen LogP contribution in [0.15, 0.2) is 54.9 Å². The number of carbonyl (C=O) groups excluding carboxylic acids is 2. The van der Waals surface area contributed by atoms with Crippen molar-refractivity contribution in [3.05, 3.63) is 89.0 Å². The standard InChI is InChI=1S/C22H13F3N4O2/c23-15-5-2-12(8-17(15)25)21(31)14-4-1-11(7-16(14)24)18-10-28-22-20(29-18)13(9-27-22)3-6-19(26)30/h1-10H,(H2,26,30)(H,27,28). The zero-order valence-corrected chi connectivity index (χ0v) is 15.7. The minimum atomic E-state index is -1.20. The molecule has 0 aliphatic carbocycles. The maximum absolute atomic E-state index is 14.7. The maximum Gasteiger partial charge on any atom is 0.241 e. The number of aromatic amines is 1. The predicted molar refractivity (Wildman–Crippen MR) is 107 cm³/mol. The van der Waals surface area contributed by atoms with Gasteiger partial charge in [-0.05, 0) is 36.4 Å². The van der Waals surface area contributed by atoms with E-state index >= 15 is 0 Å². The summed E-state index contributed by atoms with van der Waals surface area (Å²) in [4.78, 5) is 35.0. The summed E-state index contributed by atoms with van der Waals surface area (Å²) in [5.74, 6) is -4.55. The van der Waals surface area contributed by atoms with Gasteiger partial charge in [0, 0.05) is 29.0 Å². The Morgan fingerprint density at radius 2 is 1.81 bits per heavy atom. The highest BCUT2D eigenvalue weighted by Gasteiger charge is 2.17. The number of rotatable bonds is 5. The average molecular weight is 422 g/mol. The van der Waals surface area contributed by atoms with Crippen LogP contribution in [0.3, 0.4) is 0 Å². The fourth-order valence-electron chi connectivity index (χ4n) is 3.00. The number of primary amides is 1. The van der Waals surface area contributed by atoms with Gasteiger partial charge in [0.15, 0.2) is 23.1 Å². The summed E-state index contributed by atoms with van der Waals surface area (Å²) in [5, 5.41) is 0. The van der Waals surface area contributed by atoms with Crippen molar-refractivity contribution in [2.75, 3.05) is 0 Å². The zero-order valence-electron chi connectivity index (χ0n) is 15.7. The van der Waals surface area contributed by atoms with Crippen LogP contribution in [0, 0.1) is 17.5 Å². The van der Waals surface area contributed by atoms with Crippen LogP contribution in [0.2, 0.25) is 0 Å². The molecule has 4 rings (SSSR count). The van der Waals surface area contributed by atoms with Gasteiger partial charge in [-0.1, -0.05) is 6.07 Å². The number of nitrogens with two attached hydrogens (primary N) is 1. The minimum Gasteiger partial charge on any atom is -0.366 e. The van der Waals surface area contributed by atoms with E-state index in [2.05, 4.69) is 15.0 Å². The highest BCUT2D eigenvalue weighted by atomic mass is 19.2. The first-order valence-corrected chi connectivity index (χ1v) is 8.95. The molecule has 3 N–H and O–H groups in total. The van der Waals surface area contributed by atoms with E-state index in [9.17, 15) is 22.8 Å². The first-order valence-electron chi connectivity index (χ1n) is 8.95. The van der Waals surface area contributed by atoms with Gasteiger partial charge in [-0.15, -0.1) is 0 Å². The Labute approximate surface area is 173 Å². The van der Waals surface area contributed by atoms with Gasteiger partial charge in [0.2, 0.25) is 5.91 Å². The molecule has 31 heavy (non-hydrogen) atoms. The number of H-pyrrole nitrogens is 1. The Morgan fingerprint density at radius 3 is 2.52 bits per heavy atom. The van der Waals surface area contributed by atoms with E-state index in [0.29, 0.717) is 28.0 Å². The molecule has 0 bridgehead atoms. The first kappa shape index (κ1) is 20.0. The van der Waals surface area contributed by atoms with Crippen molar-refractivity contribution in [1.82, 2.24) is 15.0 Å². The topological polar surface area (TPSA) is 102 Å². The zero-order chi connectivity index (χ0) is 22.1. The predicted octanol–water partition coefficient (Wildman–Crippen LogP) is 3.77. The molecule has 2 heterocycles. The molecule has 0 spiro atoms. The minimum absolute atomic E-state index is 0.176. The molecule has 9 heteroatoms. The third kappa shape index (κ3) is 3.93. The van der Waals surface area contributed by atoms with Crippen LogP contribution >= 0.6 is 0 Å². The van der Waals surface area contributed by atoms with Crippen LogP contribution in [0.25, 0.3) is 28.5 Å². The molecule has 2 aromatic carbocycles. The smallest absolute Gasteiger partial charge is 0.241 e. The van der Waals surface area contributed by atoms with Crippen LogP contribution in [-0.2, 0) is 4.79 Å². The molecule has 0 radical (unpaired) electrons. The second-order valence-corrected chi connectivity index (χ2v) is 6.58. The lowest BCUT2D eigenvalue weighted by atomic mass is 10.0. The lowest BCUT2D eigenvalue weighted by Gasteiger charge is -2.06. The highest BCUT2D eigenvalue weighted by Crippen LogP contribution is 2.25. The van der Waals surface area contributed by atoms with Crippen molar-refractivity contribution in [3.8, 4) is 11.3 Å². The number of aromatic nitrogens is 3. The van der Waals surface area contributed by atoms with Crippen molar-refractivity contribution >= 4 is 28.9 Å². The van der Waals surface area contributed by atoms with E-state index in [1.807, 2.05) is 0 Å². The van der Waals surface area contributed by atoms with E-state index in [-0.39, 0.29) is 11.1 Å². The molecule has 154 valence electrons. The number of fused-ring (bicyclic) bond motifs is 1. The normalized spacial score (nSPS) is 11.3. The van der Waals surface area contributed by atoms with Gasteiger partial charge in [0.1, 0.15) is 11.3 Å². The molecule has 0 aliphatic rings. The molecule has 0 aliphatic heterocycles. The van der Waals surface area contributed by atoms with Crippen molar-refractivity contribution < 1.29 is 22.8 Å². The van der Waals surface area contributed by atoms with Gasteiger partial charge in [0.05, 0.1) is 17.5 Å². The first-order chi connectivity index (χ1) is 14.8. The lowest BCUT2D eigenvalue weighted by Crippen LogP contribution is -2.05. The van der Waals surface area contributed by atoms with Crippen molar-refractivity contribution in [2.45, 2.75) is 0 Å². The van der Waals surface area contributed by atoms with Crippen LogP contribution in [0.1, 0.15) is 21.5 Å². The summed E-state index contributed by atoms with van der Waals surface area (Å²) in [5.41, 5.74) is 6.77. The van der Waals surface area contributed by atoms with Gasteiger partial charge < -0.3 is 10.7 Å². The van der Waals surface area contributed by atoms with E-state index < -0.39 is 29.1 Å². The number of nitrogens with zero attached hydrogens (tertiary/aromatic N) is 2. The van der Waals surface area contributed by atoms with Gasteiger partial charge in [0.25, 0.3) is 0 Å². The molecule has 2 aromatic heterocycles. The summed E-state index contributed by atoms with van der Waals surface area (Å²) in [7, 11) is 0. The van der Waals surface area contributed by atoms with Gasteiger partial charge in [-0.3, -0.25) is 9.59 Å². The number of nitrogens with one attached hydrogen (secondary N) is 1. The molecule has 0 unspecified atom stereocenters. The van der Waals surface area contributed by atoms with Gasteiger partial charge in [-0.2, -0.15) is 0 Å². The van der Waals surface area contributed by atoms with Gasteiger partial charge in [-0.25, -0.2) is 23.1 Å². The number of carbonyl (C=O) groups is 2. The largest absolute Gasteiger partial charge is 0.366 e. The van der Waals surface area contributed by atoms with Crippen LogP contribution in [0.4, 0.5) is 13.2 Å². The van der Waals surface area contributed by atoms with Crippen LogP contribution < -0.4 is 5.73 Å². The fourth-order valence-corrected chi connectivity index (χ4v) is 3.00. The monoisotopic (exact) mass is 422 g/mol. The fraction of sp³-hybridized carbons (Fsp3) is 0. The molecule has 0 atom stereocenters. The number of hydrogen-bond donors (Lipinski definition) is 2. The van der Waals surface area contributed by atoms with E-state index in [1.54, 1.807) is 6.20 Å². The number of ketones is 1. The molecule has 6 nitrogen and oxygen atoms in total. The molecule has 1 amide bonds. The summed E-state index contributed by atoms with van der Waals surface area (Å²) >= 11 is 0. The molecule has 0 saturated heterocycles. The Hall–Kier alpha value is -4.27. The molecule has 4 aromatic rings. The summed E-state index contributed by atoms with van der Waals surface area (Å²) in [6.45, 7) is 0. The molecular formula is C22H13F3N4O2. The Morgan fingerprint density at radius 1 is 1.00 bits per heavy atom. The third-order valence-corrected chi connectivity index (χ3v) is 4.53. The van der Waals surface area contributed by atoms with E-state index in [4.69, 9.17) is 5.73 Å². The number of halogens is 3. The van der Waals surface area contributed by atoms with Gasteiger partial charge >= 0.3 is 0 Å². The Balaban J connectivity index is 1.69. The summed E-state index contributed by atoms with van der Waals surface area (Å²) in [6, 6.07) is 6.43. The SMILES string of the molecule is NC(=O)C=Cc1c[nH]c2ncc(-c3ccc(C(=O)c4ccc(F)c(F)c4)c(F)c3)nc12. The quantitative estimate of drug-likeness (QED) is 0.378. The lowest BCUT2D eigenvalue weighted by molar-refractivity contribution is -0.113. The summed E-state index contributed by atoms with van der Waals surface area (Å²) in [6.07, 6.45) is 5.67. The molecular weight excluding hydrogens is 409 g/mol. The summed E-state index contributed by atoms with van der Waals surface area (Å²) < 4.78 is 41.2. The van der Waals surface area contributed by atoms with E-state index in [0.717, 1.165) is 24.3 Å². The highest BCUT2D eigenvalue weighted by molar-refractivity contribution is 6.09. The number of hydrogen-bond acceptors (Lipinski definition) is 4. The Bertz CT molecular complexity index is 1380. The third-order valence-electron chi connectivity index (χ3n) is 4.53. The number of benzene rings is 2. The molecule has 0 saturated carbocycles. The maximum atomic E-state index is 14.7. The second kappa shape index (κ2) is 7.86. The van der Waals surface area contributed by atoms with Crippen LogP contribution in [0.5, 0.6) is 0 Å². The van der Waals surface area contributed by atoms with Crippen LogP contribution in [-0.4, -0.2) is 26.6 Å².